The van der Waals surface area contributed by atoms with Crippen molar-refractivity contribution in [3.05, 3.63) is 5.21 Å². The summed E-state index contributed by atoms with van der Waals surface area (Å²) in [6, 6.07) is 0. The van der Waals surface area contributed by atoms with Crippen molar-refractivity contribution in [2.75, 3.05) is 27.4 Å². The van der Waals surface area contributed by atoms with Crippen LogP contribution in [-0.2, 0) is 0 Å². The molecule has 0 aliphatic carbocycles. The molecule has 0 radical (unpaired) electrons. The molecule has 7 nitrogen and oxygen atoms in total. The van der Waals surface area contributed by atoms with Crippen molar-refractivity contribution in [2.24, 2.45) is 0 Å². The summed E-state index contributed by atoms with van der Waals surface area (Å²) in [5.74, 6) is 0. The fourth-order valence-corrected chi connectivity index (χ4v) is 27.1. The molecule has 1 aliphatic rings. The van der Waals surface area contributed by atoms with Crippen LogP contribution in [0.2, 0.25) is 0 Å². The standard InChI is InChI=1S/C14H34I3N6O/c1-9-13(3,4)17-15-21(12-19-8)22(23(17)24)16-20(11-18-7)14(5,6)10-2/h18-19H,9-12H2,1-8H3/q-3. The summed E-state index contributed by atoms with van der Waals surface area (Å²) in [7, 11) is 3.96. The third-order valence-corrected chi connectivity index (χ3v) is 29.7. The Hall–Kier alpha value is 1.91. The van der Waals surface area contributed by atoms with Gasteiger partial charge < -0.3 is 0 Å². The van der Waals surface area contributed by atoms with E-state index in [-0.39, 0.29) is 26.5 Å². The number of nitrogens with zero attached hydrogens (tertiary/aromatic N) is 4. The zero-order valence-corrected chi connectivity index (χ0v) is 22.6. The number of hydrogen-bond acceptors (Lipinski definition) is 7. The van der Waals surface area contributed by atoms with Gasteiger partial charge in [0.05, 0.1) is 0 Å². The van der Waals surface area contributed by atoms with E-state index >= 15 is 0 Å². The first-order chi connectivity index (χ1) is 11.1. The molecule has 0 saturated carbocycles. The van der Waals surface area contributed by atoms with E-state index in [0.29, 0.717) is 0 Å². The average molecular weight is 683 g/mol. The van der Waals surface area contributed by atoms with Gasteiger partial charge in [-0.05, 0) is 0 Å². The first-order valence-corrected chi connectivity index (χ1v) is 19.5. The van der Waals surface area contributed by atoms with Crippen LogP contribution in [0.15, 0.2) is 0 Å². The molecule has 1 heterocycles. The fourth-order valence-electron chi connectivity index (χ4n) is 1.65. The molecule has 0 atom stereocenters. The fraction of sp³-hybridized carbons (Fsp3) is 1.00. The molecule has 1 aliphatic heterocycles. The molecule has 10 heteroatoms. The van der Waals surface area contributed by atoms with Crippen LogP contribution in [0.5, 0.6) is 0 Å². The summed E-state index contributed by atoms with van der Waals surface area (Å²) in [4.78, 5) is 0. The molecule has 0 bridgehead atoms. The maximum absolute atomic E-state index is 13.2. The Morgan fingerprint density at radius 2 is 1.75 bits per heavy atom. The molecule has 0 aromatic carbocycles. The molecule has 0 amide bonds. The van der Waals surface area contributed by atoms with E-state index in [1.807, 2.05) is 14.1 Å². The van der Waals surface area contributed by atoms with Gasteiger partial charge in [-0.25, -0.2) is 0 Å². The van der Waals surface area contributed by atoms with E-state index in [1.54, 1.807) is 0 Å². The van der Waals surface area contributed by atoms with E-state index in [4.69, 9.17) is 0 Å². The summed E-state index contributed by atoms with van der Waals surface area (Å²) < 4.78 is 8.59. The zero-order valence-electron chi connectivity index (χ0n) is 16.2. The minimum absolute atomic E-state index is 0.0999. The van der Waals surface area contributed by atoms with Gasteiger partial charge in [0.1, 0.15) is 0 Å². The van der Waals surface area contributed by atoms with E-state index in [9.17, 15) is 5.21 Å². The van der Waals surface area contributed by atoms with Crippen LogP contribution in [0.25, 0.3) is 0 Å². The number of halogens is 3. The third kappa shape index (κ3) is 5.95. The van der Waals surface area contributed by atoms with E-state index in [1.165, 1.54) is 3.39 Å². The van der Waals surface area contributed by atoms with Crippen molar-refractivity contribution < 1.29 is 39.3 Å². The minimum atomic E-state index is -1.70. The number of nitrogens with one attached hydrogen (secondary N) is 2. The Bertz CT molecular complexity index is 388. The molecule has 0 aromatic heterocycles. The van der Waals surface area contributed by atoms with Crippen molar-refractivity contribution in [2.45, 2.75) is 63.3 Å². The molecular formula is C14H34I3N6O-3. The number of hydrazine groups is 2. The predicted octanol–water partition coefficient (Wildman–Crippen LogP) is -3.47. The van der Waals surface area contributed by atoms with Crippen molar-refractivity contribution >= 4 is 16.1 Å². The van der Waals surface area contributed by atoms with Crippen LogP contribution in [0, 0.1) is 5.21 Å². The van der Waals surface area contributed by atoms with Crippen molar-refractivity contribution in [1.82, 2.24) is 23.7 Å². The van der Waals surface area contributed by atoms with Gasteiger partial charge in [0.25, 0.3) is 0 Å². The van der Waals surface area contributed by atoms with Crippen LogP contribution in [-0.4, -0.2) is 49.4 Å². The van der Waals surface area contributed by atoms with Gasteiger partial charge in [-0.1, -0.05) is 0 Å². The number of hydrogen-bond donors (Lipinski definition) is 2. The summed E-state index contributed by atoms with van der Waals surface area (Å²) in [5.41, 5.74) is 0.0999. The topological polar surface area (TPSA) is 60.1 Å². The van der Waals surface area contributed by atoms with E-state index in [2.05, 4.69) is 61.8 Å². The Morgan fingerprint density at radius 1 is 1.12 bits per heavy atom. The molecule has 24 heavy (non-hydrogen) atoms. The second-order valence-corrected chi connectivity index (χ2v) is 23.4. The SMILES string of the molecule is CCC(C)(C)N(CNC)[I-]N1N(CNC)[I-]I(C(C)(C)CC)N1[O-]. The van der Waals surface area contributed by atoms with Gasteiger partial charge in [0.15, 0.2) is 0 Å². The van der Waals surface area contributed by atoms with Crippen molar-refractivity contribution in [3.8, 4) is 0 Å². The monoisotopic (exact) mass is 683 g/mol. The van der Waals surface area contributed by atoms with Gasteiger partial charge in [0, 0.05) is 0 Å². The number of rotatable bonds is 10. The van der Waals surface area contributed by atoms with Crippen molar-refractivity contribution in [3.63, 3.8) is 0 Å². The summed E-state index contributed by atoms with van der Waals surface area (Å²) in [6.07, 6.45) is 2.17. The normalized spacial score (nSPS) is 21.0. The number of alkyl halides is 1. The molecule has 1 rings (SSSR count). The third-order valence-electron chi connectivity index (χ3n) is 4.10. The molecule has 150 valence electrons. The van der Waals surface area contributed by atoms with Crippen LogP contribution in [0.3, 0.4) is 0 Å². The molecule has 1 fully saturated rings. The quantitative estimate of drug-likeness (QED) is 0.108. The van der Waals surface area contributed by atoms with Crippen LogP contribution in [0.4, 0.5) is 0 Å². The molecule has 1 saturated heterocycles. The molecular weight excluding hydrogens is 649 g/mol. The van der Waals surface area contributed by atoms with Crippen LogP contribution in [0.1, 0.15) is 54.4 Å². The molecule has 2 N–H and O–H groups in total. The van der Waals surface area contributed by atoms with Crippen LogP contribution < -0.4 is 49.9 Å². The van der Waals surface area contributed by atoms with Gasteiger partial charge in [-0.15, -0.1) is 0 Å². The molecule has 0 aromatic rings. The van der Waals surface area contributed by atoms with Gasteiger partial charge in [-0.3, -0.25) is 0 Å². The predicted molar refractivity (Wildman–Crippen MR) is 101 cm³/mol. The Morgan fingerprint density at radius 3 is 2.21 bits per heavy atom. The second kappa shape index (κ2) is 10.5. The second-order valence-electron chi connectivity index (χ2n) is 6.79. The maximum atomic E-state index is 13.2. The average Bonchev–Trinajstić information content (AvgIpc) is 2.84. The van der Waals surface area contributed by atoms with Gasteiger partial charge in [0.2, 0.25) is 0 Å². The zero-order chi connectivity index (χ0) is 18.5. The van der Waals surface area contributed by atoms with E-state index < -0.39 is 37.9 Å². The van der Waals surface area contributed by atoms with Gasteiger partial charge in [-0.2, -0.15) is 0 Å². The first-order valence-electron chi connectivity index (χ1n) is 8.28. The Labute approximate surface area is 173 Å². The Balaban J connectivity index is 2.99. The first kappa shape index (κ1) is 23.9. The molecule has 0 spiro atoms. The summed E-state index contributed by atoms with van der Waals surface area (Å²) in [6.45, 7) is 15.2. The van der Waals surface area contributed by atoms with Crippen LogP contribution >= 0.6 is 16.1 Å². The Kier molecular flexibility index (Phi) is 10.4. The van der Waals surface area contributed by atoms with Crippen molar-refractivity contribution in [1.29, 1.82) is 0 Å². The van der Waals surface area contributed by atoms with Gasteiger partial charge >= 0.3 is 175 Å². The summed E-state index contributed by atoms with van der Waals surface area (Å²) in [5, 5.41) is 19.8. The summed E-state index contributed by atoms with van der Waals surface area (Å²) >= 11 is -2.46. The van der Waals surface area contributed by atoms with E-state index in [0.717, 1.165) is 26.2 Å². The molecule has 0 unspecified atom stereocenters.